The van der Waals surface area contributed by atoms with Gasteiger partial charge >= 0.3 is 0 Å². The van der Waals surface area contributed by atoms with Crippen LogP contribution in [0.3, 0.4) is 0 Å². The molecule has 0 fully saturated rings. The van der Waals surface area contributed by atoms with Crippen LogP contribution >= 0.6 is 11.3 Å². The van der Waals surface area contributed by atoms with Gasteiger partial charge in [-0.3, -0.25) is 0 Å². The Balaban J connectivity index is 1.59. The van der Waals surface area contributed by atoms with Crippen molar-refractivity contribution in [2.45, 2.75) is 13.2 Å². The van der Waals surface area contributed by atoms with Crippen LogP contribution in [0.15, 0.2) is 71.4 Å². The van der Waals surface area contributed by atoms with Crippen molar-refractivity contribution in [1.82, 2.24) is 0 Å². The quantitative estimate of drug-likeness (QED) is 0.643. The predicted molar refractivity (Wildman–Crippen MR) is 85.9 cm³/mol. The van der Waals surface area contributed by atoms with Crippen LogP contribution in [0.1, 0.15) is 11.1 Å². The molecule has 0 aliphatic rings. The van der Waals surface area contributed by atoms with E-state index in [0.717, 1.165) is 22.6 Å². The molecule has 2 aromatic carbocycles. The Morgan fingerprint density at radius 3 is 1.48 bits per heavy atom. The Kier molecular flexibility index (Phi) is 4.54. The molecule has 0 spiro atoms. The van der Waals surface area contributed by atoms with Gasteiger partial charge in [0.1, 0.15) is 13.2 Å². The van der Waals surface area contributed by atoms with Crippen LogP contribution in [0.2, 0.25) is 0 Å². The molecule has 0 aliphatic carbocycles. The molecule has 2 nitrogen and oxygen atoms in total. The minimum Gasteiger partial charge on any atom is -0.484 e. The molecule has 1 heterocycles. The standard InChI is InChI=1S/C18H16O2S/c1-3-7-15(8-4-1)11-19-17-13-21-14-18(17)20-12-16-9-5-2-6-10-16/h1-10,13-14H,11-12H2. The van der Waals surface area contributed by atoms with Crippen molar-refractivity contribution in [2.24, 2.45) is 0 Å². The Hall–Kier alpha value is -2.26. The SMILES string of the molecule is c1ccc(COc2cscc2OCc2ccccc2)cc1. The Bertz CT molecular complexity index is 604. The number of thiophene rings is 1. The van der Waals surface area contributed by atoms with E-state index in [-0.39, 0.29) is 0 Å². The maximum Gasteiger partial charge on any atom is 0.172 e. The minimum absolute atomic E-state index is 0.555. The van der Waals surface area contributed by atoms with Gasteiger partial charge in [0.15, 0.2) is 11.5 Å². The van der Waals surface area contributed by atoms with Gasteiger partial charge in [0.2, 0.25) is 0 Å². The smallest absolute Gasteiger partial charge is 0.172 e. The van der Waals surface area contributed by atoms with Crippen molar-refractivity contribution in [3.63, 3.8) is 0 Å². The lowest BCUT2D eigenvalue weighted by Crippen LogP contribution is -1.98. The molecule has 3 aromatic rings. The first-order valence-electron chi connectivity index (χ1n) is 6.81. The average Bonchev–Trinajstić information content (AvgIpc) is 3.00. The first kappa shape index (κ1) is 13.7. The van der Waals surface area contributed by atoms with E-state index in [2.05, 4.69) is 24.3 Å². The molecular weight excluding hydrogens is 280 g/mol. The van der Waals surface area contributed by atoms with E-state index >= 15 is 0 Å². The molecule has 21 heavy (non-hydrogen) atoms. The highest BCUT2D eigenvalue weighted by Gasteiger charge is 2.07. The van der Waals surface area contributed by atoms with Crippen molar-refractivity contribution in [2.75, 3.05) is 0 Å². The summed E-state index contributed by atoms with van der Waals surface area (Å²) in [5.74, 6) is 1.61. The topological polar surface area (TPSA) is 18.5 Å². The first-order chi connectivity index (χ1) is 10.4. The average molecular weight is 296 g/mol. The van der Waals surface area contributed by atoms with Crippen LogP contribution in [-0.4, -0.2) is 0 Å². The molecule has 1 aromatic heterocycles. The lowest BCUT2D eigenvalue weighted by molar-refractivity contribution is 0.258. The third-order valence-electron chi connectivity index (χ3n) is 3.07. The zero-order valence-electron chi connectivity index (χ0n) is 11.6. The summed E-state index contributed by atoms with van der Waals surface area (Å²) in [5, 5.41) is 3.95. The molecule has 3 rings (SSSR count). The van der Waals surface area contributed by atoms with Crippen LogP contribution in [0.25, 0.3) is 0 Å². The van der Waals surface area contributed by atoms with E-state index in [0.29, 0.717) is 13.2 Å². The monoisotopic (exact) mass is 296 g/mol. The first-order valence-corrected chi connectivity index (χ1v) is 7.76. The second-order valence-electron chi connectivity index (χ2n) is 4.65. The Morgan fingerprint density at radius 1 is 0.619 bits per heavy atom. The molecular formula is C18H16O2S. The molecule has 0 aliphatic heterocycles. The maximum atomic E-state index is 5.84. The van der Waals surface area contributed by atoms with E-state index in [4.69, 9.17) is 9.47 Å². The predicted octanol–water partition coefficient (Wildman–Crippen LogP) is 4.91. The summed E-state index contributed by atoms with van der Waals surface area (Å²) in [5.41, 5.74) is 2.30. The largest absolute Gasteiger partial charge is 0.484 e. The van der Waals surface area contributed by atoms with E-state index in [1.54, 1.807) is 11.3 Å². The summed E-state index contributed by atoms with van der Waals surface area (Å²) in [4.78, 5) is 0. The molecule has 0 unspecified atom stereocenters. The van der Waals surface area contributed by atoms with Gasteiger partial charge in [-0.15, -0.1) is 11.3 Å². The highest BCUT2D eigenvalue weighted by molar-refractivity contribution is 7.08. The van der Waals surface area contributed by atoms with Crippen molar-refractivity contribution in [3.8, 4) is 11.5 Å². The normalized spacial score (nSPS) is 10.3. The van der Waals surface area contributed by atoms with E-state index < -0.39 is 0 Å². The van der Waals surface area contributed by atoms with Crippen LogP contribution < -0.4 is 9.47 Å². The molecule has 3 heteroatoms. The molecule has 0 atom stereocenters. The fraction of sp³-hybridized carbons (Fsp3) is 0.111. The maximum absolute atomic E-state index is 5.84. The zero-order valence-corrected chi connectivity index (χ0v) is 12.4. The molecule has 0 amide bonds. The summed E-state index contributed by atoms with van der Waals surface area (Å²) < 4.78 is 11.7. The van der Waals surface area contributed by atoms with Gasteiger partial charge in [-0.1, -0.05) is 60.7 Å². The number of benzene rings is 2. The number of hydrogen-bond donors (Lipinski definition) is 0. The van der Waals surface area contributed by atoms with E-state index in [1.165, 1.54) is 0 Å². The summed E-state index contributed by atoms with van der Waals surface area (Å²) in [6.45, 7) is 1.11. The van der Waals surface area contributed by atoms with Crippen molar-refractivity contribution < 1.29 is 9.47 Å². The van der Waals surface area contributed by atoms with Gasteiger partial charge in [0.05, 0.1) is 0 Å². The van der Waals surface area contributed by atoms with Gasteiger partial charge in [-0.25, -0.2) is 0 Å². The van der Waals surface area contributed by atoms with Gasteiger partial charge in [0, 0.05) is 10.8 Å². The van der Waals surface area contributed by atoms with Crippen LogP contribution in [0, 0.1) is 0 Å². The Morgan fingerprint density at radius 2 is 1.05 bits per heavy atom. The molecule has 0 N–H and O–H groups in total. The van der Waals surface area contributed by atoms with Crippen LogP contribution in [0.5, 0.6) is 11.5 Å². The van der Waals surface area contributed by atoms with E-state index in [1.807, 2.05) is 47.2 Å². The molecule has 0 bridgehead atoms. The highest BCUT2D eigenvalue weighted by atomic mass is 32.1. The number of rotatable bonds is 6. The molecule has 0 saturated carbocycles. The summed E-state index contributed by atoms with van der Waals surface area (Å²) in [6.07, 6.45) is 0. The minimum atomic E-state index is 0.555. The van der Waals surface area contributed by atoms with Crippen LogP contribution in [-0.2, 0) is 13.2 Å². The fourth-order valence-electron chi connectivity index (χ4n) is 1.95. The van der Waals surface area contributed by atoms with Gasteiger partial charge in [-0.2, -0.15) is 0 Å². The van der Waals surface area contributed by atoms with Crippen molar-refractivity contribution in [1.29, 1.82) is 0 Å². The highest BCUT2D eigenvalue weighted by Crippen LogP contribution is 2.32. The second kappa shape index (κ2) is 6.95. The third kappa shape index (κ3) is 3.86. The van der Waals surface area contributed by atoms with Gasteiger partial charge < -0.3 is 9.47 Å². The van der Waals surface area contributed by atoms with Gasteiger partial charge in [0.25, 0.3) is 0 Å². The summed E-state index contributed by atoms with van der Waals surface area (Å²) in [7, 11) is 0. The Labute approximate surface area is 128 Å². The zero-order chi connectivity index (χ0) is 14.3. The number of hydrogen-bond acceptors (Lipinski definition) is 3. The lowest BCUT2D eigenvalue weighted by atomic mass is 10.2. The molecule has 0 radical (unpaired) electrons. The lowest BCUT2D eigenvalue weighted by Gasteiger charge is -2.09. The summed E-state index contributed by atoms with van der Waals surface area (Å²) in [6, 6.07) is 20.3. The second-order valence-corrected chi connectivity index (χ2v) is 5.39. The van der Waals surface area contributed by atoms with Crippen molar-refractivity contribution >= 4 is 11.3 Å². The number of ether oxygens (including phenoxy) is 2. The fourth-order valence-corrected chi connectivity index (χ4v) is 2.64. The van der Waals surface area contributed by atoms with Crippen LogP contribution in [0.4, 0.5) is 0 Å². The van der Waals surface area contributed by atoms with E-state index in [9.17, 15) is 0 Å². The van der Waals surface area contributed by atoms with Crippen molar-refractivity contribution in [3.05, 3.63) is 82.6 Å². The molecule has 106 valence electrons. The van der Waals surface area contributed by atoms with Gasteiger partial charge in [-0.05, 0) is 11.1 Å². The third-order valence-corrected chi connectivity index (χ3v) is 3.77. The summed E-state index contributed by atoms with van der Waals surface area (Å²) >= 11 is 1.59. The molecule has 0 saturated heterocycles.